The summed E-state index contributed by atoms with van der Waals surface area (Å²) < 4.78 is 16.9. The zero-order valence-corrected chi connectivity index (χ0v) is 21.7. The maximum absolute atomic E-state index is 11.8. The number of aromatic carboxylic acids is 1. The highest BCUT2D eigenvalue weighted by atomic mass is 35.5. The topological polar surface area (TPSA) is 103 Å². The van der Waals surface area contributed by atoms with Crippen molar-refractivity contribution < 1.29 is 23.6 Å². The van der Waals surface area contributed by atoms with Gasteiger partial charge in [-0.15, -0.1) is 0 Å². The minimum Gasteiger partial charge on any atom is -0.489 e. The van der Waals surface area contributed by atoms with Gasteiger partial charge in [-0.05, 0) is 53.9 Å². The molecule has 3 aromatic carbocycles. The molecule has 0 spiro atoms. The molecule has 7 nitrogen and oxygen atoms in total. The van der Waals surface area contributed by atoms with Crippen molar-refractivity contribution >= 4 is 40.1 Å². The molecule has 1 N–H and O–H groups in total. The van der Waals surface area contributed by atoms with Crippen LogP contribution in [0.25, 0.3) is 33.4 Å². The Morgan fingerprint density at radius 3 is 2.39 bits per heavy atom. The van der Waals surface area contributed by atoms with E-state index in [0.29, 0.717) is 44.6 Å². The number of rotatable bonds is 8. The van der Waals surface area contributed by atoms with Gasteiger partial charge in [-0.3, -0.25) is 0 Å². The summed E-state index contributed by atoms with van der Waals surface area (Å²) in [5, 5.41) is 14.9. The Bertz CT molecular complexity index is 1690. The number of carbonyl (C=O) groups is 1. The number of aromatic nitrogens is 1. The lowest BCUT2D eigenvalue weighted by atomic mass is 10.0. The molecule has 0 amide bonds. The lowest BCUT2D eigenvalue weighted by molar-refractivity contribution is 0.0698. The summed E-state index contributed by atoms with van der Waals surface area (Å²) in [6, 6.07) is 18.7. The van der Waals surface area contributed by atoms with Gasteiger partial charge in [-0.25, -0.2) is 9.59 Å². The molecule has 2 aromatic heterocycles. The number of ether oxygens (including phenoxy) is 1. The molecular weight excluding hydrogens is 529 g/mol. The first kappa shape index (κ1) is 25.6. The fraction of sp³-hybridized carbons (Fsp3) is 0.138. The summed E-state index contributed by atoms with van der Waals surface area (Å²) in [5.74, 6) is 0.148. The number of nitrogens with zero attached hydrogens (tertiary/aromatic N) is 1. The fourth-order valence-electron chi connectivity index (χ4n) is 4.25. The Balaban J connectivity index is 1.40. The van der Waals surface area contributed by atoms with Crippen LogP contribution in [0.2, 0.25) is 10.0 Å². The van der Waals surface area contributed by atoms with Gasteiger partial charge in [0.25, 0.3) is 0 Å². The first-order valence-corrected chi connectivity index (χ1v) is 12.6. The summed E-state index contributed by atoms with van der Waals surface area (Å²) in [6.07, 6.45) is 1.56. The molecule has 38 heavy (non-hydrogen) atoms. The monoisotopic (exact) mass is 549 g/mol. The smallest absolute Gasteiger partial charge is 0.337 e. The van der Waals surface area contributed by atoms with Crippen LogP contribution in [-0.4, -0.2) is 16.2 Å². The van der Waals surface area contributed by atoms with Gasteiger partial charge in [-0.2, -0.15) is 0 Å². The predicted octanol–water partition coefficient (Wildman–Crippen LogP) is 7.65. The molecule has 0 aliphatic rings. The first-order chi connectivity index (χ1) is 18.4. The van der Waals surface area contributed by atoms with Crippen molar-refractivity contribution in [2.24, 2.45) is 0 Å². The second-order valence-corrected chi connectivity index (χ2v) is 9.40. The van der Waals surface area contributed by atoms with Crippen molar-refractivity contribution in [3.63, 3.8) is 0 Å². The Morgan fingerprint density at radius 2 is 1.71 bits per heavy atom. The molecular formula is C29H21Cl2NO6. The summed E-state index contributed by atoms with van der Waals surface area (Å²) in [7, 11) is 0. The number of halogens is 2. The Kier molecular flexibility index (Phi) is 7.22. The highest BCUT2D eigenvalue weighted by Crippen LogP contribution is 2.37. The number of carboxylic acid groups (broad SMARTS) is 1. The molecule has 0 saturated heterocycles. The summed E-state index contributed by atoms with van der Waals surface area (Å²) in [6.45, 7) is 2.25. The lowest BCUT2D eigenvalue weighted by Gasteiger charge is -2.10. The van der Waals surface area contributed by atoms with Gasteiger partial charge in [-0.1, -0.05) is 59.5 Å². The Hall–Kier alpha value is -4.07. The van der Waals surface area contributed by atoms with E-state index >= 15 is 0 Å². The second kappa shape index (κ2) is 10.7. The minimum atomic E-state index is -1.19. The molecule has 0 atom stereocenters. The molecule has 0 unspecified atom stereocenters. The van der Waals surface area contributed by atoms with E-state index in [-0.39, 0.29) is 17.8 Å². The van der Waals surface area contributed by atoms with Crippen molar-refractivity contribution in [2.75, 3.05) is 0 Å². The van der Waals surface area contributed by atoms with Gasteiger partial charge in [0.2, 0.25) is 0 Å². The molecule has 9 heteroatoms. The van der Waals surface area contributed by atoms with E-state index in [1.54, 1.807) is 36.4 Å². The first-order valence-electron chi connectivity index (χ1n) is 11.8. The molecule has 0 bridgehead atoms. The predicted molar refractivity (Wildman–Crippen MR) is 145 cm³/mol. The molecule has 0 fully saturated rings. The fourth-order valence-corrected chi connectivity index (χ4v) is 4.83. The van der Waals surface area contributed by atoms with Crippen LogP contribution in [0, 0.1) is 0 Å². The zero-order chi connectivity index (χ0) is 26.8. The standard InChI is InChI=1S/C29H21Cl2NO6/c1-2-4-24-21(28(32-38-24)27-22(30)5-3-6-23(27)31)15-36-18-10-7-16(8-11-18)17-9-12-19-20(29(34)35)14-26(33)37-25(19)13-17/h3,5-14H,2,4,15H2,1H3,(H,34,35). The molecule has 0 radical (unpaired) electrons. The largest absolute Gasteiger partial charge is 0.489 e. The highest BCUT2D eigenvalue weighted by Gasteiger charge is 2.22. The number of hydrogen-bond acceptors (Lipinski definition) is 6. The van der Waals surface area contributed by atoms with Gasteiger partial charge >= 0.3 is 11.6 Å². The average molecular weight is 550 g/mol. The van der Waals surface area contributed by atoms with Gasteiger partial charge in [0.15, 0.2) is 0 Å². The highest BCUT2D eigenvalue weighted by molar-refractivity contribution is 6.39. The number of carboxylic acids is 1. The van der Waals surface area contributed by atoms with Crippen molar-refractivity contribution in [2.45, 2.75) is 26.4 Å². The Labute approximate surface area is 227 Å². The lowest BCUT2D eigenvalue weighted by Crippen LogP contribution is -2.05. The molecule has 2 heterocycles. The molecule has 0 aliphatic carbocycles. The van der Waals surface area contributed by atoms with Crippen LogP contribution in [0.15, 0.2) is 80.5 Å². The normalized spacial score (nSPS) is 11.1. The van der Waals surface area contributed by atoms with E-state index in [1.165, 1.54) is 0 Å². The van der Waals surface area contributed by atoms with Crippen molar-refractivity contribution in [3.05, 3.63) is 104 Å². The quantitative estimate of drug-likeness (QED) is 0.198. The number of aryl methyl sites for hydroxylation is 1. The van der Waals surface area contributed by atoms with Crippen LogP contribution in [0.5, 0.6) is 5.75 Å². The van der Waals surface area contributed by atoms with Crippen molar-refractivity contribution in [1.29, 1.82) is 0 Å². The third-order valence-corrected chi connectivity index (χ3v) is 6.72. The van der Waals surface area contributed by atoms with Crippen LogP contribution in [0.3, 0.4) is 0 Å². The van der Waals surface area contributed by atoms with Crippen LogP contribution in [0.4, 0.5) is 0 Å². The molecule has 0 saturated carbocycles. The van der Waals surface area contributed by atoms with Gasteiger partial charge in [0.05, 0.1) is 21.2 Å². The Morgan fingerprint density at radius 1 is 1.00 bits per heavy atom. The van der Waals surface area contributed by atoms with Crippen LogP contribution >= 0.6 is 23.2 Å². The number of hydrogen-bond donors (Lipinski definition) is 1. The minimum absolute atomic E-state index is 0.0971. The van der Waals surface area contributed by atoms with E-state index in [9.17, 15) is 14.7 Å². The maximum Gasteiger partial charge on any atom is 0.337 e. The SMILES string of the molecule is CCCc1onc(-c2c(Cl)cccc2Cl)c1COc1ccc(-c2ccc3c(C(=O)O)cc(=O)oc3c2)cc1. The van der Waals surface area contributed by atoms with Gasteiger partial charge in [0.1, 0.15) is 29.4 Å². The van der Waals surface area contributed by atoms with E-state index in [2.05, 4.69) is 12.1 Å². The summed E-state index contributed by atoms with van der Waals surface area (Å²) in [4.78, 5) is 23.3. The van der Waals surface area contributed by atoms with Crippen LogP contribution in [-0.2, 0) is 13.0 Å². The van der Waals surface area contributed by atoms with E-state index < -0.39 is 11.6 Å². The van der Waals surface area contributed by atoms with Crippen LogP contribution < -0.4 is 10.4 Å². The summed E-state index contributed by atoms with van der Waals surface area (Å²) in [5.41, 5.74) is 2.92. The van der Waals surface area contributed by atoms with E-state index in [4.69, 9.17) is 36.9 Å². The molecule has 192 valence electrons. The number of fused-ring (bicyclic) bond motifs is 1. The average Bonchev–Trinajstić information content (AvgIpc) is 3.28. The third-order valence-electron chi connectivity index (χ3n) is 6.09. The molecule has 5 aromatic rings. The van der Waals surface area contributed by atoms with Crippen molar-refractivity contribution in [1.82, 2.24) is 5.16 Å². The zero-order valence-electron chi connectivity index (χ0n) is 20.2. The maximum atomic E-state index is 11.8. The van der Waals surface area contributed by atoms with Gasteiger partial charge < -0.3 is 18.8 Å². The number of benzene rings is 3. The second-order valence-electron chi connectivity index (χ2n) is 8.59. The molecule has 0 aliphatic heterocycles. The van der Waals surface area contributed by atoms with E-state index in [0.717, 1.165) is 29.2 Å². The van der Waals surface area contributed by atoms with Crippen LogP contribution in [0.1, 0.15) is 35.0 Å². The molecule has 5 rings (SSSR count). The van der Waals surface area contributed by atoms with Gasteiger partial charge in [0, 0.05) is 23.4 Å². The van der Waals surface area contributed by atoms with E-state index in [1.807, 2.05) is 24.3 Å². The van der Waals surface area contributed by atoms with Crippen molar-refractivity contribution in [3.8, 4) is 28.1 Å². The summed E-state index contributed by atoms with van der Waals surface area (Å²) >= 11 is 12.8. The third kappa shape index (κ3) is 5.03.